The highest BCUT2D eigenvalue weighted by molar-refractivity contribution is 5.94. The van der Waals surface area contributed by atoms with Crippen LogP contribution in [-0.2, 0) is 5.60 Å². The van der Waals surface area contributed by atoms with Crippen LogP contribution in [0.3, 0.4) is 0 Å². The summed E-state index contributed by atoms with van der Waals surface area (Å²) in [5, 5.41) is 9.50. The number of benzene rings is 4. The Balaban J connectivity index is 1.51. The monoisotopic (exact) mass is 400 g/mol. The van der Waals surface area contributed by atoms with Gasteiger partial charge in [-0.05, 0) is 40.6 Å². The lowest BCUT2D eigenvalue weighted by molar-refractivity contribution is 0.161. The maximum Gasteiger partial charge on any atom is 0.178 e. The molecule has 0 aliphatic carbocycles. The quantitative estimate of drug-likeness (QED) is 0.371. The fraction of sp³-hybridized carbons (Fsp3) is 0.0357. The molecule has 148 valence electrons. The maximum atomic E-state index is 6.82. The summed E-state index contributed by atoms with van der Waals surface area (Å²) in [6, 6.07) is 33.5. The number of aromatic nitrogens is 2. The zero-order valence-corrected chi connectivity index (χ0v) is 16.8. The smallest absolute Gasteiger partial charge is 0.178 e. The first kappa shape index (κ1) is 17.7. The Hall–Kier alpha value is -4.11. The number of hydrogen-bond acceptors (Lipinski definition) is 2. The molecule has 4 aromatic carbocycles. The standard InChI is InChI=1S/C28H20N2O/c1-2-7-22(8-3-1)28(23-13-10-21(11-14-23)26-17-19-29-30-26)18-16-25-24-9-5-4-6-20(24)12-15-27(25)31-28/h1-19H,(H,29,30). The van der Waals surface area contributed by atoms with Crippen LogP contribution in [0, 0.1) is 0 Å². The van der Waals surface area contributed by atoms with Crippen LogP contribution in [0.2, 0.25) is 0 Å². The number of rotatable bonds is 3. The molecule has 0 saturated heterocycles. The van der Waals surface area contributed by atoms with Crippen molar-refractivity contribution in [3.05, 3.63) is 126 Å². The topological polar surface area (TPSA) is 37.9 Å². The van der Waals surface area contributed by atoms with Crippen molar-refractivity contribution in [2.24, 2.45) is 0 Å². The highest BCUT2D eigenvalue weighted by Gasteiger charge is 2.37. The number of ether oxygens (including phenoxy) is 1. The van der Waals surface area contributed by atoms with Gasteiger partial charge in [-0.2, -0.15) is 5.10 Å². The zero-order valence-electron chi connectivity index (χ0n) is 16.8. The van der Waals surface area contributed by atoms with E-state index in [0.717, 1.165) is 33.7 Å². The van der Waals surface area contributed by atoms with Gasteiger partial charge in [0.15, 0.2) is 5.60 Å². The minimum Gasteiger partial charge on any atom is -0.473 e. The minimum atomic E-state index is -0.691. The van der Waals surface area contributed by atoms with Crippen LogP contribution in [0.5, 0.6) is 5.75 Å². The first-order valence-corrected chi connectivity index (χ1v) is 10.4. The second-order valence-electron chi connectivity index (χ2n) is 7.78. The van der Waals surface area contributed by atoms with E-state index >= 15 is 0 Å². The van der Waals surface area contributed by atoms with Crippen LogP contribution in [0.1, 0.15) is 16.7 Å². The number of nitrogens with zero attached hydrogens (tertiary/aromatic N) is 1. The molecule has 31 heavy (non-hydrogen) atoms. The Kier molecular flexibility index (Phi) is 4.00. The third kappa shape index (κ3) is 2.86. The fourth-order valence-corrected chi connectivity index (χ4v) is 4.42. The van der Waals surface area contributed by atoms with Crippen molar-refractivity contribution in [1.29, 1.82) is 0 Å². The van der Waals surface area contributed by atoms with E-state index in [-0.39, 0.29) is 0 Å². The maximum absolute atomic E-state index is 6.82. The van der Waals surface area contributed by atoms with Crippen LogP contribution in [0.4, 0.5) is 0 Å². The largest absolute Gasteiger partial charge is 0.473 e. The summed E-state index contributed by atoms with van der Waals surface area (Å²) in [6.45, 7) is 0. The minimum absolute atomic E-state index is 0.691. The van der Waals surface area contributed by atoms with Crippen LogP contribution >= 0.6 is 0 Å². The predicted octanol–water partition coefficient (Wildman–Crippen LogP) is 6.58. The molecule has 1 aromatic heterocycles. The molecule has 0 spiro atoms. The fourth-order valence-electron chi connectivity index (χ4n) is 4.42. The Morgan fingerprint density at radius 3 is 2.29 bits per heavy atom. The average molecular weight is 400 g/mol. The van der Waals surface area contributed by atoms with Gasteiger partial charge in [0.05, 0.1) is 5.69 Å². The molecule has 1 atom stereocenters. The molecule has 0 saturated carbocycles. The van der Waals surface area contributed by atoms with E-state index in [9.17, 15) is 0 Å². The third-order valence-corrected chi connectivity index (χ3v) is 6.01. The molecule has 6 rings (SSSR count). The van der Waals surface area contributed by atoms with Crippen molar-refractivity contribution in [3.8, 4) is 17.0 Å². The van der Waals surface area contributed by atoms with E-state index in [0.29, 0.717) is 0 Å². The van der Waals surface area contributed by atoms with Gasteiger partial charge in [0, 0.05) is 22.9 Å². The molecule has 3 nitrogen and oxygen atoms in total. The van der Waals surface area contributed by atoms with E-state index in [1.807, 2.05) is 12.1 Å². The molecular formula is C28H20N2O. The van der Waals surface area contributed by atoms with Gasteiger partial charge < -0.3 is 4.74 Å². The zero-order chi connectivity index (χ0) is 20.7. The predicted molar refractivity (Wildman–Crippen MR) is 125 cm³/mol. The normalized spacial score (nSPS) is 17.3. The summed E-state index contributed by atoms with van der Waals surface area (Å²) in [5.41, 5.74) is 4.70. The van der Waals surface area contributed by atoms with E-state index in [1.54, 1.807) is 6.20 Å². The molecule has 1 N–H and O–H groups in total. The molecule has 1 aliphatic rings. The van der Waals surface area contributed by atoms with Crippen LogP contribution in [0.15, 0.2) is 109 Å². The van der Waals surface area contributed by atoms with Gasteiger partial charge in [-0.25, -0.2) is 0 Å². The summed E-state index contributed by atoms with van der Waals surface area (Å²) >= 11 is 0. The van der Waals surface area contributed by atoms with E-state index in [1.165, 1.54) is 10.8 Å². The second kappa shape index (κ2) is 6.99. The molecule has 1 aliphatic heterocycles. The second-order valence-corrected chi connectivity index (χ2v) is 7.78. The lowest BCUT2D eigenvalue weighted by Crippen LogP contribution is -2.34. The SMILES string of the molecule is C1=CC(c2ccccc2)(c2ccc(-c3ccn[nH]3)cc2)Oc2ccc3ccccc3c21. The molecule has 0 amide bonds. The van der Waals surface area contributed by atoms with Gasteiger partial charge in [-0.15, -0.1) is 0 Å². The van der Waals surface area contributed by atoms with Crippen molar-refractivity contribution in [2.45, 2.75) is 5.60 Å². The molecule has 3 heteroatoms. The molecular weight excluding hydrogens is 380 g/mol. The van der Waals surface area contributed by atoms with Crippen LogP contribution < -0.4 is 4.74 Å². The highest BCUT2D eigenvalue weighted by atomic mass is 16.5. The van der Waals surface area contributed by atoms with Gasteiger partial charge in [-0.3, -0.25) is 5.10 Å². The summed E-state index contributed by atoms with van der Waals surface area (Å²) < 4.78 is 6.82. The molecule has 0 bridgehead atoms. The molecule has 0 radical (unpaired) electrons. The first-order valence-electron chi connectivity index (χ1n) is 10.4. The number of aromatic amines is 1. The van der Waals surface area contributed by atoms with Crippen molar-refractivity contribution < 1.29 is 4.74 Å². The van der Waals surface area contributed by atoms with Gasteiger partial charge >= 0.3 is 0 Å². The van der Waals surface area contributed by atoms with Crippen molar-refractivity contribution in [2.75, 3.05) is 0 Å². The van der Waals surface area contributed by atoms with Crippen LogP contribution in [0.25, 0.3) is 28.1 Å². The summed E-state index contributed by atoms with van der Waals surface area (Å²) in [6.07, 6.45) is 6.15. The van der Waals surface area contributed by atoms with Crippen molar-refractivity contribution in [3.63, 3.8) is 0 Å². The lowest BCUT2D eigenvalue weighted by atomic mass is 9.83. The van der Waals surface area contributed by atoms with Gasteiger partial charge in [-0.1, -0.05) is 84.9 Å². The Morgan fingerprint density at radius 1 is 0.710 bits per heavy atom. The van der Waals surface area contributed by atoms with Crippen LogP contribution in [-0.4, -0.2) is 10.2 Å². The number of fused-ring (bicyclic) bond motifs is 3. The lowest BCUT2D eigenvalue weighted by Gasteiger charge is -2.36. The third-order valence-electron chi connectivity index (χ3n) is 6.01. The molecule has 0 fully saturated rings. The Morgan fingerprint density at radius 2 is 1.48 bits per heavy atom. The van der Waals surface area contributed by atoms with Gasteiger partial charge in [0.25, 0.3) is 0 Å². The van der Waals surface area contributed by atoms with Crippen molar-refractivity contribution >= 4 is 16.8 Å². The number of hydrogen-bond donors (Lipinski definition) is 1. The van der Waals surface area contributed by atoms with Gasteiger partial charge in [0.1, 0.15) is 5.75 Å². The molecule has 5 aromatic rings. The van der Waals surface area contributed by atoms with E-state index in [4.69, 9.17) is 4.74 Å². The Labute approximate surface area is 180 Å². The molecule has 2 heterocycles. The van der Waals surface area contributed by atoms with E-state index in [2.05, 4.69) is 107 Å². The highest BCUT2D eigenvalue weighted by Crippen LogP contribution is 2.44. The molecule has 1 unspecified atom stereocenters. The summed E-state index contributed by atoms with van der Waals surface area (Å²) in [5.74, 6) is 0.891. The van der Waals surface area contributed by atoms with E-state index < -0.39 is 5.60 Å². The van der Waals surface area contributed by atoms with Crippen molar-refractivity contribution in [1.82, 2.24) is 10.2 Å². The summed E-state index contributed by atoms with van der Waals surface area (Å²) in [7, 11) is 0. The average Bonchev–Trinajstić information content (AvgIpc) is 3.39. The first-order chi connectivity index (χ1) is 15.3. The number of nitrogens with one attached hydrogen (secondary N) is 1. The van der Waals surface area contributed by atoms with Gasteiger partial charge in [0.2, 0.25) is 0 Å². The number of H-pyrrole nitrogens is 1. The summed E-state index contributed by atoms with van der Waals surface area (Å²) in [4.78, 5) is 0. The Bertz CT molecular complexity index is 1390.